The van der Waals surface area contributed by atoms with Gasteiger partial charge in [-0.3, -0.25) is 9.97 Å². The third-order valence-corrected chi connectivity index (χ3v) is 2.95. The third-order valence-electron chi connectivity index (χ3n) is 2.95. The molecular formula is C15H18N2O. The first-order valence-corrected chi connectivity index (χ1v) is 6.22. The molecule has 0 N–H and O–H groups in total. The number of nitrogens with zero attached hydrogens (tertiary/aromatic N) is 2. The van der Waals surface area contributed by atoms with Gasteiger partial charge >= 0.3 is 0 Å². The van der Waals surface area contributed by atoms with Crippen LogP contribution in [0.3, 0.4) is 0 Å². The van der Waals surface area contributed by atoms with Crippen LogP contribution < -0.4 is 0 Å². The van der Waals surface area contributed by atoms with Gasteiger partial charge in [-0.1, -0.05) is 24.3 Å². The zero-order valence-corrected chi connectivity index (χ0v) is 11.1. The van der Waals surface area contributed by atoms with Crippen LogP contribution >= 0.6 is 0 Å². The molecule has 0 aliphatic rings. The molecule has 0 fully saturated rings. The van der Waals surface area contributed by atoms with Crippen LogP contribution in [-0.2, 0) is 4.74 Å². The molecule has 0 aliphatic heterocycles. The van der Waals surface area contributed by atoms with Crippen LogP contribution in [0, 0.1) is 6.92 Å². The predicted molar refractivity (Wildman–Crippen MR) is 72.2 cm³/mol. The van der Waals surface area contributed by atoms with Crippen LogP contribution in [0.2, 0.25) is 0 Å². The van der Waals surface area contributed by atoms with Gasteiger partial charge < -0.3 is 4.74 Å². The average molecular weight is 242 g/mol. The number of aromatic nitrogens is 2. The number of hydrogen-bond donors (Lipinski definition) is 0. The molecule has 0 unspecified atom stereocenters. The van der Waals surface area contributed by atoms with Crippen molar-refractivity contribution in [2.45, 2.75) is 26.9 Å². The van der Waals surface area contributed by atoms with E-state index in [1.54, 1.807) is 12.4 Å². The first-order chi connectivity index (χ1) is 8.72. The maximum Gasteiger partial charge on any atom is 0.0914 e. The van der Waals surface area contributed by atoms with Crippen LogP contribution in [0.5, 0.6) is 0 Å². The summed E-state index contributed by atoms with van der Waals surface area (Å²) in [5.74, 6) is 0. The molecule has 0 saturated carbocycles. The van der Waals surface area contributed by atoms with Crippen molar-refractivity contribution in [3.63, 3.8) is 0 Å². The normalized spacial score (nSPS) is 12.4. The lowest BCUT2D eigenvalue weighted by Crippen LogP contribution is -1.99. The third kappa shape index (κ3) is 2.74. The van der Waals surface area contributed by atoms with Crippen LogP contribution in [-0.4, -0.2) is 16.6 Å². The molecule has 0 amide bonds. The van der Waals surface area contributed by atoms with Crippen molar-refractivity contribution >= 4 is 0 Å². The number of hydrogen-bond acceptors (Lipinski definition) is 3. The van der Waals surface area contributed by atoms with Crippen molar-refractivity contribution in [1.29, 1.82) is 0 Å². The van der Waals surface area contributed by atoms with Gasteiger partial charge in [0.15, 0.2) is 0 Å². The molecule has 18 heavy (non-hydrogen) atoms. The van der Waals surface area contributed by atoms with Crippen LogP contribution in [0.4, 0.5) is 0 Å². The highest BCUT2D eigenvalue weighted by Crippen LogP contribution is 2.23. The van der Waals surface area contributed by atoms with E-state index >= 15 is 0 Å². The first-order valence-electron chi connectivity index (χ1n) is 6.22. The Balaban J connectivity index is 2.25. The fourth-order valence-corrected chi connectivity index (χ4v) is 1.95. The first kappa shape index (κ1) is 12.7. The van der Waals surface area contributed by atoms with E-state index in [-0.39, 0.29) is 6.10 Å². The molecule has 0 bridgehead atoms. The van der Waals surface area contributed by atoms with Gasteiger partial charge in [0, 0.05) is 24.6 Å². The SMILES string of the molecule is CCO[C@@H](C)c1ccc(-c2nccnc2C)cc1. The summed E-state index contributed by atoms with van der Waals surface area (Å²) in [6, 6.07) is 8.32. The Kier molecular flexibility index (Phi) is 4.05. The van der Waals surface area contributed by atoms with Crippen LogP contribution in [0.25, 0.3) is 11.3 Å². The standard InChI is InChI=1S/C15H18N2O/c1-4-18-12(3)13-5-7-14(8-6-13)15-11(2)16-9-10-17-15/h5-10,12H,4H2,1-3H3/t12-/m0/s1. The highest BCUT2D eigenvalue weighted by atomic mass is 16.5. The number of rotatable bonds is 4. The van der Waals surface area contributed by atoms with Gasteiger partial charge in [-0.2, -0.15) is 0 Å². The van der Waals surface area contributed by atoms with Gasteiger partial charge in [0.1, 0.15) is 0 Å². The molecule has 2 rings (SSSR count). The molecular weight excluding hydrogens is 224 g/mol. The molecule has 3 nitrogen and oxygen atoms in total. The second kappa shape index (κ2) is 5.74. The van der Waals surface area contributed by atoms with E-state index in [9.17, 15) is 0 Å². The molecule has 0 saturated heterocycles. The van der Waals surface area contributed by atoms with Crippen molar-refractivity contribution in [2.24, 2.45) is 0 Å². The minimum absolute atomic E-state index is 0.131. The lowest BCUT2D eigenvalue weighted by molar-refractivity contribution is 0.0764. The van der Waals surface area contributed by atoms with Gasteiger partial charge in [-0.25, -0.2) is 0 Å². The van der Waals surface area contributed by atoms with E-state index in [1.807, 2.05) is 13.8 Å². The van der Waals surface area contributed by atoms with Crippen molar-refractivity contribution in [3.8, 4) is 11.3 Å². The fraction of sp³-hybridized carbons (Fsp3) is 0.333. The minimum Gasteiger partial charge on any atom is -0.374 e. The minimum atomic E-state index is 0.131. The summed E-state index contributed by atoms with van der Waals surface area (Å²) in [4.78, 5) is 8.62. The maximum atomic E-state index is 5.57. The summed E-state index contributed by atoms with van der Waals surface area (Å²) in [6.07, 6.45) is 3.57. The molecule has 94 valence electrons. The molecule has 0 spiro atoms. The Labute approximate surface area is 108 Å². The molecule has 0 aliphatic carbocycles. The second-order valence-corrected chi connectivity index (χ2v) is 4.21. The van der Waals surface area contributed by atoms with Crippen LogP contribution in [0.15, 0.2) is 36.7 Å². The van der Waals surface area contributed by atoms with Gasteiger partial charge in [0.25, 0.3) is 0 Å². The van der Waals surface area contributed by atoms with E-state index in [0.29, 0.717) is 0 Å². The smallest absolute Gasteiger partial charge is 0.0914 e. The highest BCUT2D eigenvalue weighted by Gasteiger charge is 2.07. The van der Waals surface area contributed by atoms with E-state index in [1.165, 1.54) is 5.56 Å². The zero-order valence-electron chi connectivity index (χ0n) is 11.1. The quantitative estimate of drug-likeness (QED) is 0.822. The summed E-state index contributed by atoms with van der Waals surface area (Å²) < 4.78 is 5.57. The highest BCUT2D eigenvalue weighted by molar-refractivity contribution is 5.61. The lowest BCUT2D eigenvalue weighted by atomic mass is 10.0. The Bertz CT molecular complexity index is 508. The predicted octanol–water partition coefficient (Wildman–Crippen LogP) is 3.55. The number of aryl methyl sites for hydroxylation is 1. The van der Waals surface area contributed by atoms with Crippen molar-refractivity contribution in [2.75, 3.05) is 6.61 Å². The molecule has 2 aromatic rings. The lowest BCUT2D eigenvalue weighted by Gasteiger charge is -2.12. The van der Waals surface area contributed by atoms with Gasteiger partial charge in [0.05, 0.1) is 17.5 Å². The zero-order chi connectivity index (χ0) is 13.0. The maximum absolute atomic E-state index is 5.57. The topological polar surface area (TPSA) is 35.0 Å². The van der Waals surface area contributed by atoms with E-state index in [0.717, 1.165) is 23.6 Å². The molecule has 1 atom stereocenters. The number of ether oxygens (including phenoxy) is 1. The van der Waals surface area contributed by atoms with E-state index < -0.39 is 0 Å². The molecule has 3 heteroatoms. The largest absolute Gasteiger partial charge is 0.374 e. The number of benzene rings is 1. The van der Waals surface area contributed by atoms with Gasteiger partial charge in [-0.15, -0.1) is 0 Å². The Morgan fingerprint density at radius 2 is 1.78 bits per heavy atom. The average Bonchev–Trinajstić information content (AvgIpc) is 2.40. The van der Waals surface area contributed by atoms with Crippen LogP contribution in [0.1, 0.15) is 31.2 Å². The molecule has 0 radical (unpaired) electrons. The summed E-state index contributed by atoms with van der Waals surface area (Å²) in [5, 5.41) is 0. The Morgan fingerprint density at radius 3 is 2.39 bits per heavy atom. The molecule has 1 aromatic carbocycles. The van der Waals surface area contributed by atoms with Crippen molar-refractivity contribution < 1.29 is 4.74 Å². The molecule has 1 heterocycles. The molecule has 1 aromatic heterocycles. The van der Waals surface area contributed by atoms with Crippen molar-refractivity contribution in [1.82, 2.24) is 9.97 Å². The Morgan fingerprint density at radius 1 is 1.11 bits per heavy atom. The monoisotopic (exact) mass is 242 g/mol. The summed E-state index contributed by atoms with van der Waals surface area (Å²) >= 11 is 0. The van der Waals surface area contributed by atoms with Crippen molar-refractivity contribution in [3.05, 3.63) is 47.9 Å². The summed E-state index contributed by atoms with van der Waals surface area (Å²) in [7, 11) is 0. The summed E-state index contributed by atoms with van der Waals surface area (Å²) in [5.41, 5.74) is 4.16. The van der Waals surface area contributed by atoms with E-state index in [2.05, 4.69) is 41.2 Å². The second-order valence-electron chi connectivity index (χ2n) is 4.21. The van der Waals surface area contributed by atoms with Gasteiger partial charge in [0.2, 0.25) is 0 Å². The summed E-state index contributed by atoms with van der Waals surface area (Å²) in [6.45, 7) is 6.77. The fourth-order valence-electron chi connectivity index (χ4n) is 1.95. The van der Waals surface area contributed by atoms with Gasteiger partial charge in [-0.05, 0) is 26.3 Å². The van der Waals surface area contributed by atoms with E-state index in [4.69, 9.17) is 4.74 Å². The Hall–Kier alpha value is -1.74.